The summed E-state index contributed by atoms with van der Waals surface area (Å²) in [6.45, 7) is 2.28. The van der Waals surface area contributed by atoms with Gasteiger partial charge in [0.2, 0.25) is 5.91 Å². The van der Waals surface area contributed by atoms with Crippen molar-refractivity contribution in [1.29, 1.82) is 0 Å². The zero-order valence-electron chi connectivity index (χ0n) is 7.96. The molecule has 0 aromatic rings. The maximum absolute atomic E-state index is 10.7. The lowest BCUT2D eigenvalue weighted by Gasteiger charge is -2.10. The molecule has 0 rings (SSSR count). The lowest BCUT2D eigenvalue weighted by molar-refractivity contribution is -0.137. The van der Waals surface area contributed by atoms with Gasteiger partial charge < -0.3 is 15.7 Å². The highest BCUT2D eigenvalue weighted by Gasteiger charge is 2.06. The molecule has 1 atom stereocenters. The first-order chi connectivity index (χ1) is 6.06. The highest BCUT2D eigenvalue weighted by atomic mass is 16.4. The average Bonchev–Trinajstić information content (AvgIpc) is 2.02. The van der Waals surface area contributed by atoms with E-state index >= 15 is 0 Å². The van der Waals surface area contributed by atoms with Crippen molar-refractivity contribution in [2.75, 3.05) is 13.6 Å². The first-order valence-electron chi connectivity index (χ1n) is 4.22. The van der Waals surface area contributed by atoms with E-state index in [4.69, 9.17) is 5.11 Å². The summed E-state index contributed by atoms with van der Waals surface area (Å²) in [7, 11) is 1.57. The van der Waals surface area contributed by atoms with Crippen LogP contribution in [0.5, 0.6) is 0 Å². The Kier molecular flexibility index (Phi) is 5.88. The summed E-state index contributed by atoms with van der Waals surface area (Å²) < 4.78 is 0. The first-order valence-corrected chi connectivity index (χ1v) is 4.22. The molecule has 0 aliphatic heterocycles. The molecule has 0 heterocycles. The van der Waals surface area contributed by atoms with Gasteiger partial charge in [0.25, 0.3) is 0 Å². The third-order valence-electron chi connectivity index (χ3n) is 1.60. The van der Waals surface area contributed by atoms with Crippen LogP contribution in [-0.2, 0) is 9.59 Å². The lowest BCUT2D eigenvalue weighted by atomic mass is 10.2. The number of nitrogens with one attached hydrogen (secondary N) is 2. The Hall–Kier alpha value is -1.10. The van der Waals surface area contributed by atoms with Crippen LogP contribution in [0.1, 0.15) is 19.8 Å². The highest BCUT2D eigenvalue weighted by molar-refractivity contribution is 5.75. The van der Waals surface area contributed by atoms with Crippen molar-refractivity contribution in [1.82, 2.24) is 10.6 Å². The van der Waals surface area contributed by atoms with Gasteiger partial charge in [0.15, 0.2) is 0 Å². The number of carbonyl (C=O) groups is 2. The number of rotatable bonds is 6. The number of carboxylic acid groups (broad SMARTS) is 1. The van der Waals surface area contributed by atoms with Gasteiger partial charge in [0.05, 0.1) is 6.42 Å². The molecule has 0 radical (unpaired) electrons. The number of carboxylic acids is 1. The number of amides is 1. The second-order valence-electron chi connectivity index (χ2n) is 2.88. The summed E-state index contributed by atoms with van der Waals surface area (Å²) in [4.78, 5) is 21.0. The summed E-state index contributed by atoms with van der Waals surface area (Å²) in [6.07, 6.45) is 0.453. The van der Waals surface area contributed by atoms with Crippen molar-refractivity contribution in [3.63, 3.8) is 0 Å². The average molecular weight is 188 g/mol. The van der Waals surface area contributed by atoms with Crippen LogP contribution in [0.2, 0.25) is 0 Å². The van der Waals surface area contributed by atoms with E-state index in [1.165, 1.54) is 0 Å². The SMILES string of the molecule is CNC(=O)CCNC(C)CC(=O)O. The highest BCUT2D eigenvalue weighted by Crippen LogP contribution is 1.90. The van der Waals surface area contributed by atoms with Crippen LogP contribution in [0.4, 0.5) is 0 Å². The van der Waals surface area contributed by atoms with Crippen LogP contribution in [0.15, 0.2) is 0 Å². The molecule has 0 saturated heterocycles. The number of carbonyl (C=O) groups excluding carboxylic acids is 1. The van der Waals surface area contributed by atoms with E-state index < -0.39 is 5.97 Å². The molecule has 13 heavy (non-hydrogen) atoms. The van der Waals surface area contributed by atoms with Crippen LogP contribution in [0.3, 0.4) is 0 Å². The summed E-state index contributed by atoms with van der Waals surface area (Å²) in [5.41, 5.74) is 0. The molecular weight excluding hydrogens is 172 g/mol. The minimum atomic E-state index is -0.833. The second-order valence-corrected chi connectivity index (χ2v) is 2.88. The molecule has 0 bridgehead atoms. The summed E-state index contributed by atoms with van der Waals surface area (Å²) in [5.74, 6) is -0.880. The van der Waals surface area contributed by atoms with Crippen molar-refractivity contribution in [2.24, 2.45) is 0 Å². The van der Waals surface area contributed by atoms with Crippen LogP contribution in [0.25, 0.3) is 0 Å². The summed E-state index contributed by atoms with van der Waals surface area (Å²) in [6, 6.07) is -0.0952. The molecule has 0 aromatic carbocycles. The molecule has 76 valence electrons. The topological polar surface area (TPSA) is 78.4 Å². The Labute approximate surface area is 77.5 Å². The smallest absolute Gasteiger partial charge is 0.304 e. The molecular formula is C8H16N2O3. The molecule has 0 saturated carbocycles. The van der Waals surface area contributed by atoms with Crippen LogP contribution in [-0.4, -0.2) is 36.6 Å². The fourth-order valence-corrected chi connectivity index (χ4v) is 0.891. The summed E-state index contributed by atoms with van der Waals surface area (Å²) in [5, 5.41) is 13.8. The Morgan fingerprint density at radius 2 is 2.08 bits per heavy atom. The number of hydrogen-bond donors (Lipinski definition) is 3. The lowest BCUT2D eigenvalue weighted by Crippen LogP contribution is -2.32. The van der Waals surface area contributed by atoms with Gasteiger partial charge in [-0.05, 0) is 6.92 Å². The Morgan fingerprint density at radius 1 is 1.46 bits per heavy atom. The fourth-order valence-electron chi connectivity index (χ4n) is 0.891. The standard InChI is InChI=1S/C8H16N2O3/c1-6(5-8(12)13)10-4-3-7(11)9-2/h6,10H,3-5H2,1-2H3,(H,9,11)(H,12,13). The van der Waals surface area contributed by atoms with Gasteiger partial charge in [0.1, 0.15) is 0 Å². The molecule has 3 N–H and O–H groups in total. The zero-order chi connectivity index (χ0) is 10.3. The van der Waals surface area contributed by atoms with Crippen molar-refractivity contribution in [2.45, 2.75) is 25.8 Å². The maximum Gasteiger partial charge on any atom is 0.304 e. The molecule has 0 fully saturated rings. The van der Waals surface area contributed by atoms with E-state index in [-0.39, 0.29) is 18.4 Å². The number of hydrogen-bond acceptors (Lipinski definition) is 3. The Balaban J connectivity index is 3.42. The van der Waals surface area contributed by atoms with Crippen molar-refractivity contribution in [3.8, 4) is 0 Å². The van der Waals surface area contributed by atoms with Gasteiger partial charge in [-0.1, -0.05) is 0 Å². The number of aliphatic carboxylic acids is 1. The maximum atomic E-state index is 10.7. The van der Waals surface area contributed by atoms with E-state index in [0.29, 0.717) is 13.0 Å². The Bertz CT molecular complexity index is 182. The van der Waals surface area contributed by atoms with E-state index in [1.54, 1.807) is 14.0 Å². The summed E-state index contributed by atoms with van der Waals surface area (Å²) >= 11 is 0. The van der Waals surface area contributed by atoms with Gasteiger partial charge >= 0.3 is 5.97 Å². The molecule has 0 aromatic heterocycles. The van der Waals surface area contributed by atoms with Gasteiger partial charge in [-0.15, -0.1) is 0 Å². The minimum Gasteiger partial charge on any atom is -0.481 e. The van der Waals surface area contributed by atoms with Gasteiger partial charge in [-0.25, -0.2) is 0 Å². The fraction of sp³-hybridized carbons (Fsp3) is 0.750. The Morgan fingerprint density at radius 3 is 2.54 bits per heavy atom. The third kappa shape index (κ3) is 7.27. The van der Waals surface area contributed by atoms with E-state index in [1.807, 2.05) is 0 Å². The molecule has 1 amide bonds. The van der Waals surface area contributed by atoms with Crippen LogP contribution in [0, 0.1) is 0 Å². The van der Waals surface area contributed by atoms with Gasteiger partial charge in [-0.2, -0.15) is 0 Å². The molecule has 5 nitrogen and oxygen atoms in total. The molecule has 0 aliphatic rings. The molecule has 5 heteroatoms. The monoisotopic (exact) mass is 188 g/mol. The largest absolute Gasteiger partial charge is 0.481 e. The normalized spacial score (nSPS) is 12.2. The van der Waals surface area contributed by atoms with Crippen LogP contribution < -0.4 is 10.6 Å². The molecule has 0 spiro atoms. The van der Waals surface area contributed by atoms with Crippen molar-refractivity contribution in [3.05, 3.63) is 0 Å². The van der Waals surface area contributed by atoms with E-state index in [2.05, 4.69) is 10.6 Å². The molecule has 0 aliphatic carbocycles. The third-order valence-corrected chi connectivity index (χ3v) is 1.60. The predicted molar refractivity (Wildman–Crippen MR) is 48.4 cm³/mol. The van der Waals surface area contributed by atoms with Gasteiger partial charge in [-0.3, -0.25) is 9.59 Å². The van der Waals surface area contributed by atoms with E-state index in [0.717, 1.165) is 0 Å². The van der Waals surface area contributed by atoms with Crippen molar-refractivity contribution >= 4 is 11.9 Å². The first kappa shape index (κ1) is 11.9. The minimum absolute atomic E-state index is 0.0463. The predicted octanol–water partition coefficient (Wildman–Crippen LogP) is -0.425. The van der Waals surface area contributed by atoms with E-state index in [9.17, 15) is 9.59 Å². The quantitative estimate of drug-likeness (QED) is 0.529. The van der Waals surface area contributed by atoms with Gasteiger partial charge in [0, 0.05) is 26.1 Å². The zero-order valence-corrected chi connectivity index (χ0v) is 7.96. The second kappa shape index (κ2) is 6.42. The van der Waals surface area contributed by atoms with Crippen molar-refractivity contribution < 1.29 is 14.7 Å². The molecule has 1 unspecified atom stereocenters. The van der Waals surface area contributed by atoms with Crippen LogP contribution >= 0.6 is 0 Å².